The second-order valence-corrected chi connectivity index (χ2v) is 3.37. The van der Waals surface area contributed by atoms with Gasteiger partial charge in [0.25, 0.3) is 6.47 Å². The zero-order valence-corrected chi connectivity index (χ0v) is 10.3. The van der Waals surface area contributed by atoms with E-state index in [2.05, 4.69) is 9.72 Å². The summed E-state index contributed by atoms with van der Waals surface area (Å²) in [5.74, 6) is 0.287. The van der Waals surface area contributed by atoms with Crippen molar-refractivity contribution in [1.29, 1.82) is 0 Å². The van der Waals surface area contributed by atoms with Crippen molar-refractivity contribution in [2.45, 2.75) is 13.8 Å². The largest absolute Gasteiger partial charge is 0.468 e. The van der Waals surface area contributed by atoms with Gasteiger partial charge in [-0.05, 0) is 31.2 Å². The van der Waals surface area contributed by atoms with Crippen LogP contribution in [0.1, 0.15) is 13.8 Å². The molecule has 2 rings (SSSR count). The number of esters is 1. The first-order valence-corrected chi connectivity index (χ1v) is 5.48. The van der Waals surface area contributed by atoms with Gasteiger partial charge in [0.2, 0.25) is 0 Å². The van der Waals surface area contributed by atoms with Crippen LogP contribution in [0.25, 0.3) is 10.9 Å². The summed E-state index contributed by atoms with van der Waals surface area (Å²) in [5.41, 5.74) is 1.04. The standard InChI is InChI=1S/C10H9NO2.C3H6O2/c1-7(12)13-9-2-3-10-8(6-9)4-5-11-10;1-2-5-3-4/h2-6,11H,1H3;3H,2H2,1H3. The molecule has 5 heteroatoms. The number of nitrogens with one attached hydrogen (secondary N) is 1. The van der Waals surface area contributed by atoms with Gasteiger partial charge >= 0.3 is 5.97 Å². The predicted octanol–water partition coefficient (Wildman–Crippen LogP) is 2.27. The molecule has 0 saturated heterocycles. The Morgan fingerprint density at radius 1 is 1.39 bits per heavy atom. The van der Waals surface area contributed by atoms with Crippen molar-refractivity contribution in [1.82, 2.24) is 4.98 Å². The fraction of sp³-hybridized carbons (Fsp3) is 0.231. The van der Waals surface area contributed by atoms with Crippen LogP contribution in [0, 0.1) is 0 Å². The monoisotopic (exact) mass is 249 g/mol. The third-order valence-corrected chi connectivity index (χ3v) is 2.02. The van der Waals surface area contributed by atoms with Crippen molar-refractivity contribution in [3.63, 3.8) is 0 Å². The molecule has 0 spiro atoms. The Balaban J connectivity index is 0.000000280. The van der Waals surface area contributed by atoms with E-state index in [0.29, 0.717) is 18.8 Å². The molecular formula is C13H15NO4. The SMILES string of the molecule is CC(=O)Oc1ccc2[nH]ccc2c1.CCOC=O. The minimum absolute atomic E-state index is 0.296. The summed E-state index contributed by atoms with van der Waals surface area (Å²) in [7, 11) is 0. The van der Waals surface area contributed by atoms with Gasteiger partial charge in [-0.25, -0.2) is 0 Å². The number of aromatic nitrogens is 1. The van der Waals surface area contributed by atoms with Crippen molar-refractivity contribution >= 4 is 23.3 Å². The van der Waals surface area contributed by atoms with Gasteiger partial charge in [0.05, 0.1) is 6.61 Å². The molecular weight excluding hydrogens is 234 g/mol. The molecule has 0 aliphatic carbocycles. The molecule has 96 valence electrons. The summed E-state index contributed by atoms with van der Waals surface area (Å²) in [6.07, 6.45) is 1.85. The smallest absolute Gasteiger partial charge is 0.308 e. The fourth-order valence-electron chi connectivity index (χ4n) is 1.33. The maximum Gasteiger partial charge on any atom is 0.308 e. The van der Waals surface area contributed by atoms with Crippen molar-refractivity contribution in [2.75, 3.05) is 6.61 Å². The topological polar surface area (TPSA) is 68.4 Å². The Morgan fingerprint density at radius 3 is 2.72 bits per heavy atom. The second-order valence-electron chi connectivity index (χ2n) is 3.37. The van der Waals surface area contributed by atoms with Crippen LogP contribution in [0.4, 0.5) is 0 Å². The summed E-state index contributed by atoms with van der Waals surface area (Å²) < 4.78 is 9.09. The molecule has 0 aliphatic heterocycles. The van der Waals surface area contributed by atoms with Crippen LogP contribution in [0.3, 0.4) is 0 Å². The van der Waals surface area contributed by atoms with Gasteiger partial charge in [0, 0.05) is 24.0 Å². The number of rotatable bonds is 3. The van der Waals surface area contributed by atoms with Gasteiger partial charge in [0.1, 0.15) is 5.75 Å². The maximum atomic E-state index is 10.7. The molecule has 0 amide bonds. The first-order chi connectivity index (χ1) is 8.67. The number of carbonyl (C=O) groups excluding carboxylic acids is 2. The highest BCUT2D eigenvalue weighted by molar-refractivity contribution is 5.81. The summed E-state index contributed by atoms with van der Waals surface area (Å²) in [6.45, 7) is 4.05. The summed E-state index contributed by atoms with van der Waals surface area (Å²) in [4.78, 5) is 22.9. The summed E-state index contributed by atoms with van der Waals surface area (Å²) in [6, 6.07) is 7.41. The molecule has 2 aromatic rings. The molecule has 0 atom stereocenters. The van der Waals surface area contributed by atoms with Crippen molar-refractivity contribution < 1.29 is 19.1 Å². The summed E-state index contributed by atoms with van der Waals surface area (Å²) in [5, 5.41) is 1.04. The minimum atomic E-state index is -0.296. The highest BCUT2D eigenvalue weighted by atomic mass is 16.5. The third kappa shape index (κ3) is 4.29. The maximum absolute atomic E-state index is 10.7. The van der Waals surface area contributed by atoms with Crippen molar-refractivity contribution in [3.05, 3.63) is 30.5 Å². The van der Waals surface area contributed by atoms with Crippen LogP contribution in [0.2, 0.25) is 0 Å². The Morgan fingerprint density at radius 2 is 2.17 bits per heavy atom. The van der Waals surface area contributed by atoms with E-state index in [1.807, 2.05) is 24.4 Å². The van der Waals surface area contributed by atoms with E-state index in [1.165, 1.54) is 6.92 Å². The number of aromatic amines is 1. The van der Waals surface area contributed by atoms with Crippen LogP contribution in [0.5, 0.6) is 5.75 Å². The van der Waals surface area contributed by atoms with Crippen LogP contribution in [0.15, 0.2) is 30.5 Å². The van der Waals surface area contributed by atoms with Crippen LogP contribution >= 0.6 is 0 Å². The van der Waals surface area contributed by atoms with Gasteiger partial charge in [-0.2, -0.15) is 0 Å². The number of benzene rings is 1. The lowest BCUT2D eigenvalue weighted by atomic mass is 10.2. The highest BCUT2D eigenvalue weighted by Crippen LogP contribution is 2.19. The molecule has 0 radical (unpaired) electrons. The Hall–Kier alpha value is -2.30. The number of hydrogen-bond acceptors (Lipinski definition) is 4. The van der Waals surface area contributed by atoms with E-state index in [0.717, 1.165) is 10.9 Å². The fourth-order valence-corrected chi connectivity index (χ4v) is 1.33. The van der Waals surface area contributed by atoms with Gasteiger partial charge in [-0.1, -0.05) is 0 Å². The Labute approximate surface area is 105 Å². The average molecular weight is 249 g/mol. The van der Waals surface area contributed by atoms with Crippen LogP contribution in [-0.2, 0) is 14.3 Å². The Kier molecular flexibility index (Phi) is 5.44. The molecule has 1 N–H and O–H groups in total. The number of fused-ring (bicyclic) bond motifs is 1. The lowest BCUT2D eigenvalue weighted by Gasteiger charge is -1.99. The number of ether oxygens (including phenoxy) is 2. The molecule has 18 heavy (non-hydrogen) atoms. The second kappa shape index (κ2) is 7.11. The lowest BCUT2D eigenvalue weighted by molar-refractivity contribution is -0.132. The first kappa shape index (κ1) is 13.8. The van der Waals surface area contributed by atoms with Gasteiger partial charge in [-0.3, -0.25) is 9.59 Å². The Bertz CT molecular complexity index is 518. The molecule has 0 aliphatic rings. The molecule has 5 nitrogen and oxygen atoms in total. The van der Waals surface area contributed by atoms with E-state index in [9.17, 15) is 9.59 Å². The number of carbonyl (C=O) groups is 2. The van der Waals surface area contributed by atoms with Crippen LogP contribution < -0.4 is 4.74 Å². The first-order valence-electron chi connectivity index (χ1n) is 5.48. The highest BCUT2D eigenvalue weighted by Gasteiger charge is 1.99. The van der Waals surface area contributed by atoms with E-state index in [1.54, 1.807) is 13.0 Å². The lowest BCUT2D eigenvalue weighted by Crippen LogP contribution is -2.00. The third-order valence-electron chi connectivity index (χ3n) is 2.02. The molecule has 1 aromatic carbocycles. The van der Waals surface area contributed by atoms with E-state index < -0.39 is 0 Å². The van der Waals surface area contributed by atoms with Gasteiger partial charge in [-0.15, -0.1) is 0 Å². The normalized spacial score (nSPS) is 9.22. The van der Waals surface area contributed by atoms with Crippen molar-refractivity contribution in [2.24, 2.45) is 0 Å². The molecule has 0 unspecified atom stereocenters. The zero-order valence-electron chi connectivity index (χ0n) is 10.3. The van der Waals surface area contributed by atoms with E-state index in [-0.39, 0.29) is 5.97 Å². The van der Waals surface area contributed by atoms with Gasteiger partial charge < -0.3 is 14.5 Å². The molecule has 1 aromatic heterocycles. The quantitative estimate of drug-likeness (QED) is 0.514. The van der Waals surface area contributed by atoms with Crippen molar-refractivity contribution in [3.8, 4) is 5.75 Å². The molecule has 1 heterocycles. The zero-order chi connectivity index (χ0) is 13.4. The molecule has 0 saturated carbocycles. The number of hydrogen-bond donors (Lipinski definition) is 1. The predicted molar refractivity (Wildman–Crippen MR) is 67.3 cm³/mol. The molecule has 0 bridgehead atoms. The van der Waals surface area contributed by atoms with Gasteiger partial charge in [0.15, 0.2) is 0 Å². The summed E-state index contributed by atoms with van der Waals surface area (Å²) >= 11 is 0. The number of H-pyrrole nitrogens is 1. The van der Waals surface area contributed by atoms with E-state index >= 15 is 0 Å². The van der Waals surface area contributed by atoms with Crippen LogP contribution in [-0.4, -0.2) is 24.0 Å². The van der Waals surface area contributed by atoms with E-state index in [4.69, 9.17) is 4.74 Å². The molecule has 0 fully saturated rings. The minimum Gasteiger partial charge on any atom is -0.468 e. The average Bonchev–Trinajstić information content (AvgIpc) is 2.77.